The van der Waals surface area contributed by atoms with Crippen molar-refractivity contribution in [1.82, 2.24) is 5.32 Å². The van der Waals surface area contributed by atoms with Crippen molar-refractivity contribution in [3.05, 3.63) is 62.5 Å². The summed E-state index contributed by atoms with van der Waals surface area (Å²) in [6.07, 6.45) is 0. The first-order chi connectivity index (χ1) is 12.6. The minimum Gasteiger partial charge on any atom is -0.478 e. The largest absolute Gasteiger partial charge is 0.478 e. The molecule has 144 valence electrons. The molecule has 0 radical (unpaired) electrons. The summed E-state index contributed by atoms with van der Waals surface area (Å²) in [5, 5.41) is 23.8. The first-order valence-electron chi connectivity index (χ1n) is 8.46. The van der Waals surface area contributed by atoms with Crippen LogP contribution in [0.1, 0.15) is 39.2 Å². The fourth-order valence-electron chi connectivity index (χ4n) is 3.02. The van der Waals surface area contributed by atoms with Crippen LogP contribution in [0.5, 0.6) is 0 Å². The molecule has 1 heterocycles. The summed E-state index contributed by atoms with van der Waals surface area (Å²) in [6.45, 7) is 7.20. The number of carbonyl (C=O) groups is 2. The van der Waals surface area contributed by atoms with Gasteiger partial charge < -0.3 is 15.2 Å². The van der Waals surface area contributed by atoms with Gasteiger partial charge in [-0.15, -0.1) is 0 Å². The van der Waals surface area contributed by atoms with Gasteiger partial charge in [-0.1, -0.05) is 26.0 Å². The predicted molar refractivity (Wildman–Crippen MR) is 97.8 cm³/mol. The van der Waals surface area contributed by atoms with Gasteiger partial charge in [0.15, 0.2) is 0 Å². The molecule has 1 atom stereocenters. The van der Waals surface area contributed by atoms with Crippen molar-refractivity contribution in [1.29, 1.82) is 0 Å². The van der Waals surface area contributed by atoms with Crippen LogP contribution >= 0.6 is 0 Å². The Labute approximate surface area is 156 Å². The highest BCUT2D eigenvalue weighted by atomic mass is 16.6. The van der Waals surface area contributed by atoms with Crippen LogP contribution in [0.15, 0.2) is 46.8 Å². The Bertz CT molecular complexity index is 854. The third-order valence-corrected chi connectivity index (χ3v) is 4.17. The lowest BCUT2D eigenvalue weighted by molar-refractivity contribution is -0.384. The number of benzene rings is 1. The van der Waals surface area contributed by atoms with E-state index >= 15 is 0 Å². The molecule has 0 aromatic heterocycles. The number of aliphatic carboxylic acids is 1. The second-order valence-electron chi connectivity index (χ2n) is 6.78. The predicted octanol–water partition coefficient (Wildman–Crippen LogP) is 3.11. The smallest absolute Gasteiger partial charge is 0.336 e. The van der Waals surface area contributed by atoms with Gasteiger partial charge in [0, 0.05) is 23.5 Å². The highest BCUT2D eigenvalue weighted by Crippen LogP contribution is 2.39. The fraction of sp³-hybridized carbons (Fsp3) is 0.368. The normalized spacial score (nSPS) is 17.0. The molecule has 0 aliphatic carbocycles. The SMILES string of the molecule is CC1=C(C(=O)O)C(c2cccc([N+](=O)[O-])c2)C(C(=O)OCC(C)C)=C(C)N1. The Morgan fingerprint density at radius 1 is 1.26 bits per heavy atom. The van der Waals surface area contributed by atoms with E-state index in [0.29, 0.717) is 17.0 Å². The number of non-ortho nitro benzene ring substituents is 1. The molecule has 0 saturated carbocycles. The van der Waals surface area contributed by atoms with E-state index in [1.54, 1.807) is 19.9 Å². The maximum absolute atomic E-state index is 12.7. The first-order valence-corrected chi connectivity index (χ1v) is 8.46. The molecule has 0 bridgehead atoms. The molecule has 27 heavy (non-hydrogen) atoms. The van der Waals surface area contributed by atoms with Gasteiger partial charge in [0.25, 0.3) is 5.69 Å². The molecule has 1 unspecified atom stereocenters. The molecule has 1 aliphatic heterocycles. The van der Waals surface area contributed by atoms with Gasteiger partial charge in [-0.2, -0.15) is 0 Å². The Hall–Kier alpha value is -3.16. The van der Waals surface area contributed by atoms with Crippen molar-refractivity contribution in [3.8, 4) is 0 Å². The maximum atomic E-state index is 12.7. The number of nitro benzene ring substituents is 1. The quantitative estimate of drug-likeness (QED) is 0.446. The summed E-state index contributed by atoms with van der Waals surface area (Å²) >= 11 is 0. The minimum absolute atomic E-state index is 0.0439. The van der Waals surface area contributed by atoms with Gasteiger partial charge in [0.05, 0.1) is 28.6 Å². The molecule has 0 saturated heterocycles. The van der Waals surface area contributed by atoms with Gasteiger partial charge in [-0.3, -0.25) is 10.1 Å². The number of hydrogen-bond donors (Lipinski definition) is 2. The summed E-state index contributed by atoms with van der Waals surface area (Å²) in [6, 6.07) is 5.64. The standard InChI is InChI=1S/C19H22N2O6/c1-10(2)9-27-19(24)16-12(4)20-11(3)15(18(22)23)17(16)13-6-5-7-14(8-13)21(25)26/h5-8,10,17,20H,9H2,1-4H3,(H,22,23). The van der Waals surface area contributed by atoms with E-state index in [-0.39, 0.29) is 29.4 Å². The lowest BCUT2D eigenvalue weighted by Crippen LogP contribution is -2.32. The fourth-order valence-corrected chi connectivity index (χ4v) is 3.02. The summed E-state index contributed by atoms with van der Waals surface area (Å²) in [5.74, 6) is -2.71. The van der Waals surface area contributed by atoms with Crippen LogP contribution in [-0.2, 0) is 14.3 Å². The highest BCUT2D eigenvalue weighted by molar-refractivity contribution is 5.99. The minimum atomic E-state index is -1.21. The van der Waals surface area contributed by atoms with Crippen molar-refractivity contribution in [3.63, 3.8) is 0 Å². The van der Waals surface area contributed by atoms with E-state index in [2.05, 4.69) is 5.32 Å². The Morgan fingerprint density at radius 3 is 2.44 bits per heavy atom. The molecular formula is C19H22N2O6. The number of dihydropyridines is 1. The molecule has 0 spiro atoms. The van der Waals surface area contributed by atoms with Crippen LogP contribution in [0.25, 0.3) is 0 Å². The van der Waals surface area contributed by atoms with Gasteiger partial charge >= 0.3 is 11.9 Å². The molecule has 2 rings (SSSR count). The topological polar surface area (TPSA) is 119 Å². The Balaban J connectivity index is 2.61. The first kappa shape index (κ1) is 20.2. The molecular weight excluding hydrogens is 352 g/mol. The van der Waals surface area contributed by atoms with Gasteiger partial charge in [0.2, 0.25) is 0 Å². The number of carbonyl (C=O) groups excluding carboxylic acids is 1. The monoisotopic (exact) mass is 374 g/mol. The van der Waals surface area contributed by atoms with E-state index in [4.69, 9.17) is 4.74 Å². The zero-order valence-corrected chi connectivity index (χ0v) is 15.6. The van der Waals surface area contributed by atoms with Crippen molar-refractivity contribution in [2.45, 2.75) is 33.6 Å². The number of ether oxygens (including phenoxy) is 1. The van der Waals surface area contributed by atoms with Crippen LogP contribution in [0.3, 0.4) is 0 Å². The zero-order valence-electron chi connectivity index (χ0n) is 15.6. The van der Waals surface area contributed by atoms with E-state index < -0.39 is 22.8 Å². The van der Waals surface area contributed by atoms with Gasteiger partial charge in [-0.05, 0) is 25.3 Å². The van der Waals surface area contributed by atoms with E-state index in [1.807, 2.05) is 13.8 Å². The summed E-state index contributed by atoms with van der Waals surface area (Å²) < 4.78 is 5.32. The maximum Gasteiger partial charge on any atom is 0.336 e. The number of carboxylic acid groups (broad SMARTS) is 1. The van der Waals surface area contributed by atoms with Gasteiger partial charge in [0.1, 0.15) is 0 Å². The third kappa shape index (κ3) is 4.33. The Morgan fingerprint density at radius 2 is 1.89 bits per heavy atom. The van der Waals surface area contributed by atoms with Crippen molar-refractivity contribution < 1.29 is 24.4 Å². The van der Waals surface area contributed by atoms with Gasteiger partial charge in [-0.25, -0.2) is 9.59 Å². The molecule has 1 aromatic carbocycles. The van der Waals surface area contributed by atoms with Crippen LogP contribution in [-0.4, -0.2) is 28.6 Å². The Kier molecular flexibility index (Phi) is 5.99. The second-order valence-corrected chi connectivity index (χ2v) is 6.78. The number of nitrogens with one attached hydrogen (secondary N) is 1. The molecule has 2 N–H and O–H groups in total. The number of hydrogen-bond acceptors (Lipinski definition) is 6. The van der Waals surface area contributed by atoms with Crippen molar-refractivity contribution in [2.75, 3.05) is 6.61 Å². The van der Waals surface area contributed by atoms with E-state index in [1.165, 1.54) is 18.2 Å². The average molecular weight is 374 g/mol. The van der Waals surface area contributed by atoms with E-state index in [9.17, 15) is 24.8 Å². The number of rotatable bonds is 6. The average Bonchev–Trinajstić information content (AvgIpc) is 2.58. The number of nitro groups is 1. The molecule has 1 aliphatic rings. The lowest BCUT2D eigenvalue weighted by Gasteiger charge is -2.29. The third-order valence-electron chi connectivity index (χ3n) is 4.17. The second kappa shape index (κ2) is 8.03. The molecule has 0 amide bonds. The van der Waals surface area contributed by atoms with E-state index in [0.717, 1.165) is 0 Å². The zero-order chi connectivity index (χ0) is 20.3. The molecule has 8 nitrogen and oxygen atoms in total. The molecule has 1 aromatic rings. The van der Waals surface area contributed by atoms with Crippen LogP contribution in [0, 0.1) is 16.0 Å². The number of allylic oxidation sites excluding steroid dienone is 2. The molecule has 0 fully saturated rings. The van der Waals surface area contributed by atoms with Crippen LogP contribution < -0.4 is 5.32 Å². The number of nitrogens with zero attached hydrogens (tertiary/aromatic N) is 1. The highest BCUT2D eigenvalue weighted by Gasteiger charge is 2.37. The summed E-state index contributed by atoms with van der Waals surface area (Å²) in [4.78, 5) is 35.2. The van der Waals surface area contributed by atoms with Crippen LogP contribution in [0.2, 0.25) is 0 Å². The summed E-state index contributed by atoms with van der Waals surface area (Å²) in [7, 11) is 0. The molecule has 8 heteroatoms. The number of carboxylic acids is 1. The lowest BCUT2D eigenvalue weighted by atomic mass is 9.80. The van der Waals surface area contributed by atoms with Crippen molar-refractivity contribution >= 4 is 17.6 Å². The van der Waals surface area contributed by atoms with Crippen LogP contribution in [0.4, 0.5) is 5.69 Å². The van der Waals surface area contributed by atoms with Crippen molar-refractivity contribution in [2.24, 2.45) is 5.92 Å². The number of esters is 1. The summed E-state index contributed by atoms with van der Waals surface area (Å²) in [5.41, 5.74) is 1.09.